The van der Waals surface area contributed by atoms with E-state index in [-0.39, 0.29) is 5.75 Å². The number of hydrogen-bond donors (Lipinski definition) is 2. The van der Waals surface area contributed by atoms with E-state index >= 15 is 0 Å². The Morgan fingerprint density at radius 1 is 1.14 bits per heavy atom. The predicted octanol–water partition coefficient (Wildman–Crippen LogP) is 3.73. The van der Waals surface area contributed by atoms with Crippen molar-refractivity contribution in [1.29, 1.82) is 0 Å². The minimum Gasteiger partial charge on any atom is -0.508 e. The van der Waals surface area contributed by atoms with E-state index in [9.17, 15) is 9.90 Å². The number of fused-ring (bicyclic) bond motifs is 1. The largest absolute Gasteiger partial charge is 0.508 e. The number of phenols is 1. The molecule has 0 amide bonds. The molecule has 0 radical (unpaired) electrons. The van der Waals surface area contributed by atoms with Crippen LogP contribution in [0.4, 0.5) is 5.69 Å². The summed E-state index contributed by atoms with van der Waals surface area (Å²) in [5, 5.41) is 13.9. The molecule has 0 spiro atoms. The molecule has 0 fully saturated rings. The fraction of sp³-hybridized carbons (Fsp3) is 0.167. The minimum absolute atomic E-state index is 0.125. The smallest absolute Gasteiger partial charge is 0.336 e. The number of para-hydroxylation sites is 1. The molecular formula is C18H17NO3. The monoisotopic (exact) mass is 295 g/mol. The lowest BCUT2D eigenvalue weighted by Crippen LogP contribution is -2.07. The summed E-state index contributed by atoms with van der Waals surface area (Å²) >= 11 is 0. The van der Waals surface area contributed by atoms with E-state index in [1.807, 2.05) is 31.2 Å². The van der Waals surface area contributed by atoms with Crippen molar-refractivity contribution in [2.24, 2.45) is 0 Å². The maximum absolute atomic E-state index is 11.8. The van der Waals surface area contributed by atoms with Crippen molar-refractivity contribution in [2.45, 2.75) is 20.4 Å². The van der Waals surface area contributed by atoms with E-state index in [0.717, 1.165) is 22.2 Å². The summed E-state index contributed by atoms with van der Waals surface area (Å²) in [6.07, 6.45) is 0. The Labute approximate surface area is 128 Å². The van der Waals surface area contributed by atoms with Crippen molar-refractivity contribution in [1.82, 2.24) is 0 Å². The van der Waals surface area contributed by atoms with Crippen molar-refractivity contribution in [3.05, 3.63) is 69.6 Å². The van der Waals surface area contributed by atoms with Gasteiger partial charge < -0.3 is 14.8 Å². The number of aromatic hydroxyl groups is 1. The van der Waals surface area contributed by atoms with Crippen LogP contribution in [0.3, 0.4) is 0 Å². The van der Waals surface area contributed by atoms with Crippen LogP contribution in [-0.4, -0.2) is 5.11 Å². The maximum atomic E-state index is 11.8. The summed E-state index contributed by atoms with van der Waals surface area (Å²) in [4.78, 5) is 11.8. The first-order chi connectivity index (χ1) is 10.6. The number of hydrogen-bond acceptors (Lipinski definition) is 4. The minimum atomic E-state index is -0.414. The first kappa shape index (κ1) is 14.2. The number of anilines is 1. The molecule has 0 saturated carbocycles. The number of benzene rings is 2. The van der Waals surface area contributed by atoms with Gasteiger partial charge in [-0.05, 0) is 43.2 Å². The third-order valence-corrected chi connectivity index (χ3v) is 3.83. The summed E-state index contributed by atoms with van der Waals surface area (Å²) in [6.45, 7) is 4.28. The Bertz CT molecular complexity index is 896. The Kier molecular flexibility index (Phi) is 3.59. The van der Waals surface area contributed by atoms with Crippen molar-refractivity contribution >= 4 is 16.7 Å². The lowest BCUT2D eigenvalue weighted by Gasteiger charge is -2.11. The molecule has 0 aliphatic rings. The fourth-order valence-corrected chi connectivity index (χ4v) is 2.52. The van der Waals surface area contributed by atoms with Crippen LogP contribution < -0.4 is 10.9 Å². The van der Waals surface area contributed by atoms with E-state index in [1.54, 1.807) is 19.1 Å². The third kappa shape index (κ3) is 2.55. The van der Waals surface area contributed by atoms with Gasteiger partial charge in [-0.1, -0.05) is 18.2 Å². The zero-order chi connectivity index (χ0) is 15.7. The zero-order valence-electron chi connectivity index (χ0n) is 12.5. The van der Waals surface area contributed by atoms with Crippen LogP contribution in [0, 0.1) is 13.8 Å². The average Bonchev–Trinajstić information content (AvgIpc) is 2.50. The summed E-state index contributed by atoms with van der Waals surface area (Å²) in [6, 6.07) is 12.9. The molecule has 2 N–H and O–H groups in total. The van der Waals surface area contributed by atoms with E-state index in [4.69, 9.17) is 4.42 Å². The molecule has 4 nitrogen and oxygen atoms in total. The second-order valence-corrected chi connectivity index (χ2v) is 5.35. The Hall–Kier alpha value is -2.75. The second-order valence-electron chi connectivity index (χ2n) is 5.35. The van der Waals surface area contributed by atoms with Crippen molar-refractivity contribution in [3.8, 4) is 5.75 Å². The van der Waals surface area contributed by atoms with Crippen LogP contribution in [0.5, 0.6) is 5.75 Å². The van der Waals surface area contributed by atoms with Crippen molar-refractivity contribution in [3.63, 3.8) is 0 Å². The van der Waals surface area contributed by atoms with Gasteiger partial charge in [0, 0.05) is 29.2 Å². The summed E-state index contributed by atoms with van der Waals surface area (Å²) in [7, 11) is 0. The van der Waals surface area contributed by atoms with Gasteiger partial charge in [0.25, 0.3) is 0 Å². The molecule has 22 heavy (non-hydrogen) atoms. The highest BCUT2D eigenvalue weighted by Gasteiger charge is 2.10. The highest BCUT2D eigenvalue weighted by molar-refractivity contribution is 5.85. The first-order valence-electron chi connectivity index (χ1n) is 7.11. The van der Waals surface area contributed by atoms with Gasteiger partial charge in [0.15, 0.2) is 0 Å². The molecule has 3 aromatic rings. The lowest BCUT2D eigenvalue weighted by molar-refractivity contribution is 0.468. The van der Waals surface area contributed by atoms with E-state index < -0.39 is 5.63 Å². The van der Waals surface area contributed by atoms with E-state index in [1.165, 1.54) is 6.07 Å². The van der Waals surface area contributed by atoms with Crippen molar-refractivity contribution < 1.29 is 9.52 Å². The first-order valence-corrected chi connectivity index (χ1v) is 7.11. The van der Waals surface area contributed by atoms with Crippen LogP contribution in [0.1, 0.15) is 16.7 Å². The molecule has 3 rings (SSSR count). The van der Waals surface area contributed by atoms with Crippen LogP contribution in [0.15, 0.2) is 51.7 Å². The van der Waals surface area contributed by atoms with E-state index in [0.29, 0.717) is 17.7 Å². The SMILES string of the molecule is Cc1ccccc1NCc1cc(=O)oc2c(C)c(O)ccc12. The summed E-state index contributed by atoms with van der Waals surface area (Å²) in [5.74, 6) is 0.125. The topological polar surface area (TPSA) is 62.5 Å². The Morgan fingerprint density at radius 3 is 2.68 bits per heavy atom. The Balaban J connectivity index is 2.02. The van der Waals surface area contributed by atoms with Gasteiger partial charge >= 0.3 is 5.63 Å². The van der Waals surface area contributed by atoms with Gasteiger partial charge in [-0.3, -0.25) is 0 Å². The lowest BCUT2D eigenvalue weighted by atomic mass is 10.1. The molecule has 0 aliphatic heterocycles. The van der Waals surface area contributed by atoms with Gasteiger partial charge in [0.05, 0.1) is 0 Å². The fourth-order valence-electron chi connectivity index (χ4n) is 2.52. The quantitative estimate of drug-likeness (QED) is 0.723. The molecule has 1 aromatic heterocycles. The Morgan fingerprint density at radius 2 is 1.91 bits per heavy atom. The highest BCUT2D eigenvalue weighted by atomic mass is 16.4. The zero-order valence-corrected chi connectivity index (χ0v) is 12.5. The van der Waals surface area contributed by atoms with Gasteiger partial charge in [-0.15, -0.1) is 0 Å². The van der Waals surface area contributed by atoms with Crippen LogP contribution in [0.2, 0.25) is 0 Å². The van der Waals surface area contributed by atoms with Crippen LogP contribution >= 0.6 is 0 Å². The number of aryl methyl sites for hydroxylation is 2. The molecule has 1 heterocycles. The summed E-state index contributed by atoms with van der Waals surface area (Å²) < 4.78 is 5.25. The average molecular weight is 295 g/mol. The normalized spacial score (nSPS) is 10.8. The number of rotatable bonds is 3. The molecule has 0 unspecified atom stereocenters. The molecule has 0 saturated heterocycles. The summed E-state index contributed by atoms with van der Waals surface area (Å²) in [5.41, 5.74) is 3.62. The highest BCUT2D eigenvalue weighted by Crippen LogP contribution is 2.27. The van der Waals surface area contributed by atoms with Gasteiger partial charge in [-0.25, -0.2) is 4.79 Å². The van der Waals surface area contributed by atoms with E-state index in [2.05, 4.69) is 5.32 Å². The molecular weight excluding hydrogens is 278 g/mol. The number of phenolic OH excluding ortho intramolecular Hbond substituents is 1. The standard InChI is InChI=1S/C18H17NO3/c1-11-5-3-4-6-15(11)19-10-13-9-17(21)22-18-12(2)16(20)8-7-14(13)18/h3-9,19-20H,10H2,1-2H3. The molecule has 112 valence electrons. The van der Waals surface area contributed by atoms with Gasteiger partial charge in [0.1, 0.15) is 11.3 Å². The number of nitrogens with one attached hydrogen (secondary N) is 1. The van der Waals surface area contributed by atoms with Crippen LogP contribution in [0.25, 0.3) is 11.0 Å². The molecule has 4 heteroatoms. The maximum Gasteiger partial charge on any atom is 0.336 e. The van der Waals surface area contributed by atoms with Crippen molar-refractivity contribution in [2.75, 3.05) is 5.32 Å². The van der Waals surface area contributed by atoms with Crippen LogP contribution in [-0.2, 0) is 6.54 Å². The second kappa shape index (κ2) is 5.56. The molecule has 0 atom stereocenters. The third-order valence-electron chi connectivity index (χ3n) is 3.83. The molecule has 0 bridgehead atoms. The molecule has 0 aliphatic carbocycles. The van der Waals surface area contributed by atoms with Gasteiger partial charge in [0.2, 0.25) is 0 Å². The van der Waals surface area contributed by atoms with Gasteiger partial charge in [-0.2, -0.15) is 0 Å². The molecule has 2 aromatic carbocycles. The predicted molar refractivity (Wildman–Crippen MR) is 87.4 cm³/mol.